The monoisotopic (exact) mass is 594 g/mol. The summed E-state index contributed by atoms with van der Waals surface area (Å²) in [7, 11) is -1.97. The minimum atomic E-state index is -0.988. The molecular weight excluding hydrogens is 549 g/mol. The van der Waals surface area contributed by atoms with E-state index in [9.17, 15) is 18.0 Å². The number of imidazole rings is 1. The summed E-state index contributed by atoms with van der Waals surface area (Å²) >= 11 is 9.01. The lowest BCUT2D eigenvalue weighted by atomic mass is 9.89. The number of nitrogens with zero attached hydrogens (tertiary/aromatic N) is 4. The molecule has 8 nitrogen and oxygen atoms in total. The first-order chi connectivity index (χ1) is 17.2. The number of hydrogen-bond donors (Lipinski definition) is 2. The van der Waals surface area contributed by atoms with Crippen molar-refractivity contribution >= 4 is 52.9 Å². The predicted octanol–water partition coefficient (Wildman–Crippen LogP) is 3.69. The third-order valence-electron chi connectivity index (χ3n) is 6.95. The van der Waals surface area contributed by atoms with Gasteiger partial charge in [-0.3, -0.25) is 17.6 Å². The van der Waals surface area contributed by atoms with Gasteiger partial charge in [0.05, 0.1) is 16.9 Å². The summed E-state index contributed by atoms with van der Waals surface area (Å²) in [6.45, 7) is 15.3. The van der Waals surface area contributed by atoms with Crippen molar-refractivity contribution in [2.24, 2.45) is 10.8 Å². The van der Waals surface area contributed by atoms with E-state index in [-0.39, 0.29) is 27.9 Å². The highest BCUT2D eigenvalue weighted by molar-refractivity contribution is 7.85. The number of aromatic nitrogens is 2. The molecule has 2 rings (SSSR count). The van der Waals surface area contributed by atoms with Crippen LogP contribution in [0.3, 0.4) is 0 Å². The van der Waals surface area contributed by atoms with Crippen molar-refractivity contribution in [1.82, 2.24) is 18.9 Å². The molecule has 1 aromatic heterocycles. The van der Waals surface area contributed by atoms with E-state index in [0.717, 1.165) is 12.8 Å². The van der Waals surface area contributed by atoms with Gasteiger partial charge in [-0.15, -0.1) is 12.6 Å². The molecule has 0 saturated carbocycles. The van der Waals surface area contributed by atoms with Gasteiger partial charge in [0.1, 0.15) is 0 Å². The Kier molecular flexibility index (Phi) is 12.4. The Bertz CT molecular complexity index is 1020. The Morgan fingerprint density at radius 2 is 1.46 bits per heavy atom. The number of amides is 2. The van der Waals surface area contributed by atoms with Crippen LogP contribution in [0.25, 0.3) is 0 Å². The molecule has 0 aromatic carbocycles. The van der Waals surface area contributed by atoms with Gasteiger partial charge >= 0.3 is 11.7 Å². The topological polar surface area (TPSA) is 84.6 Å². The normalized spacial score (nSPS) is 18.6. The standard InChI is InChI=1S/C25H46N4O4S4/c1-7-26-16-20(34)28(22(26)30)18-24(3,4)10-14-36(32)12-9-13-37(33)15-11-25(5,6)19-29-21(35)17-27(8-2)23(29)31/h16,21,34-35H,7-15,17-19H2,1-6H3. The van der Waals surface area contributed by atoms with Gasteiger partial charge in [0.25, 0.3) is 0 Å². The van der Waals surface area contributed by atoms with E-state index in [2.05, 4.69) is 53.0 Å². The molecular formula is C25H46N4O4S4. The minimum Gasteiger partial charge on any atom is -0.322 e. The fourth-order valence-electron chi connectivity index (χ4n) is 4.43. The van der Waals surface area contributed by atoms with Gasteiger partial charge in [0.2, 0.25) is 0 Å². The third kappa shape index (κ3) is 9.76. The van der Waals surface area contributed by atoms with Gasteiger partial charge in [-0.05, 0) is 43.9 Å². The average molecular weight is 595 g/mol. The lowest BCUT2D eigenvalue weighted by Gasteiger charge is -2.31. The Morgan fingerprint density at radius 3 is 1.92 bits per heavy atom. The summed E-state index contributed by atoms with van der Waals surface area (Å²) < 4.78 is 28.5. The van der Waals surface area contributed by atoms with E-state index in [1.807, 2.05) is 18.7 Å². The number of carbonyl (C=O) groups excluding carboxylic acids is 1. The van der Waals surface area contributed by atoms with E-state index >= 15 is 0 Å². The van der Waals surface area contributed by atoms with E-state index < -0.39 is 21.6 Å². The van der Waals surface area contributed by atoms with Crippen LogP contribution >= 0.6 is 25.3 Å². The largest absolute Gasteiger partial charge is 0.329 e. The van der Waals surface area contributed by atoms with Gasteiger partial charge in [-0.2, -0.15) is 12.6 Å². The van der Waals surface area contributed by atoms with Gasteiger partial charge in [-0.1, -0.05) is 27.7 Å². The van der Waals surface area contributed by atoms with Crippen LogP contribution in [0.4, 0.5) is 4.79 Å². The molecule has 3 unspecified atom stereocenters. The van der Waals surface area contributed by atoms with E-state index in [1.54, 1.807) is 20.2 Å². The second kappa shape index (κ2) is 14.1. The molecule has 214 valence electrons. The molecule has 2 heterocycles. The van der Waals surface area contributed by atoms with Gasteiger partial charge in [0, 0.05) is 77.0 Å². The molecule has 2 amide bonds. The zero-order valence-electron chi connectivity index (χ0n) is 23.3. The van der Waals surface area contributed by atoms with Crippen molar-refractivity contribution in [3.05, 3.63) is 16.7 Å². The average Bonchev–Trinajstić information content (AvgIpc) is 3.25. The zero-order valence-corrected chi connectivity index (χ0v) is 26.7. The van der Waals surface area contributed by atoms with Crippen LogP contribution in [0.5, 0.6) is 0 Å². The molecule has 0 bridgehead atoms. The second-order valence-corrected chi connectivity index (χ2v) is 15.9. The van der Waals surface area contributed by atoms with Gasteiger partial charge in [0.15, 0.2) is 0 Å². The first-order valence-corrected chi connectivity index (χ1v) is 17.1. The molecule has 1 aromatic rings. The first kappa shape index (κ1) is 32.5. The van der Waals surface area contributed by atoms with E-state index in [4.69, 9.17) is 0 Å². The Morgan fingerprint density at radius 1 is 0.919 bits per heavy atom. The van der Waals surface area contributed by atoms with Crippen molar-refractivity contribution in [2.45, 2.75) is 84.3 Å². The Balaban J connectivity index is 1.70. The van der Waals surface area contributed by atoms with Crippen LogP contribution in [-0.4, -0.2) is 81.4 Å². The molecule has 12 heteroatoms. The molecule has 0 radical (unpaired) electrons. The highest BCUT2D eigenvalue weighted by atomic mass is 32.2. The molecule has 1 fully saturated rings. The smallest absolute Gasteiger partial charge is 0.322 e. The molecule has 0 spiro atoms. The van der Waals surface area contributed by atoms with Crippen molar-refractivity contribution in [3.63, 3.8) is 0 Å². The lowest BCUT2D eigenvalue weighted by molar-refractivity contribution is 0.168. The minimum absolute atomic E-state index is 0.0276. The number of urea groups is 1. The zero-order chi connectivity index (χ0) is 28.0. The van der Waals surface area contributed by atoms with Crippen LogP contribution in [0.15, 0.2) is 16.0 Å². The number of rotatable bonds is 16. The van der Waals surface area contributed by atoms with Crippen molar-refractivity contribution < 1.29 is 13.2 Å². The number of hydrogen-bond acceptors (Lipinski definition) is 6. The molecule has 1 saturated heterocycles. The van der Waals surface area contributed by atoms with Crippen LogP contribution in [0.1, 0.15) is 60.8 Å². The summed E-state index contributed by atoms with van der Waals surface area (Å²) in [5, 5.41) is 0.544. The van der Waals surface area contributed by atoms with Crippen LogP contribution in [0.2, 0.25) is 0 Å². The fraction of sp³-hybridized carbons (Fsp3) is 0.840. The second-order valence-electron chi connectivity index (χ2n) is 11.4. The Hall–Kier alpha value is -0.720. The molecule has 0 aliphatic carbocycles. The predicted molar refractivity (Wildman–Crippen MR) is 161 cm³/mol. The maximum Gasteiger partial charge on any atom is 0.329 e. The van der Waals surface area contributed by atoms with Crippen LogP contribution < -0.4 is 5.69 Å². The molecule has 0 N–H and O–H groups in total. The number of carbonyl (C=O) groups is 1. The summed E-state index contributed by atoms with van der Waals surface area (Å²) in [6, 6.07) is 0.0276. The highest BCUT2D eigenvalue weighted by Gasteiger charge is 2.37. The fourth-order valence-corrected chi connectivity index (χ4v) is 8.18. The van der Waals surface area contributed by atoms with Gasteiger partial charge < -0.3 is 9.80 Å². The van der Waals surface area contributed by atoms with E-state index in [0.29, 0.717) is 67.2 Å². The lowest BCUT2D eigenvalue weighted by Crippen LogP contribution is -2.40. The Labute approximate surface area is 238 Å². The quantitative estimate of drug-likeness (QED) is 0.286. The number of thiol groups is 2. The van der Waals surface area contributed by atoms with Crippen LogP contribution in [0, 0.1) is 10.8 Å². The van der Waals surface area contributed by atoms with Crippen molar-refractivity contribution in [3.8, 4) is 0 Å². The van der Waals surface area contributed by atoms with E-state index in [1.165, 1.54) is 0 Å². The van der Waals surface area contributed by atoms with Gasteiger partial charge in [-0.25, -0.2) is 9.59 Å². The van der Waals surface area contributed by atoms with Crippen molar-refractivity contribution in [2.75, 3.05) is 42.6 Å². The number of likely N-dealkylation sites (N-methyl/N-ethyl adjacent to an activating group) is 1. The third-order valence-corrected chi connectivity index (χ3v) is 10.6. The molecule has 37 heavy (non-hydrogen) atoms. The first-order valence-electron chi connectivity index (χ1n) is 13.1. The maximum atomic E-state index is 12.6. The van der Waals surface area contributed by atoms with Crippen molar-refractivity contribution in [1.29, 1.82) is 0 Å². The maximum absolute atomic E-state index is 12.6. The highest BCUT2D eigenvalue weighted by Crippen LogP contribution is 2.28. The molecule has 1 aliphatic heterocycles. The molecule has 3 atom stereocenters. The summed E-state index contributed by atoms with van der Waals surface area (Å²) in [6.07, 6.45) is 3.89. The van der Waals surface area contributed by atoms with Crippen LogP contribution in [-0.2, 0) is 34.7 Å². The summed E-state index contributed by atoms with van der Waals surface area (Å²) in [5.41, 5.74) is -0.410. The summed E-state index contributed by atoms with van der Waals surface area (Å²) in [5.74, 6) is 2.20. The SMILES string of the molecule is CCN1CC(S)N(CC(C)(C)CCS(=O)CCCS(=O)CCC(C)(C)Cn2c(S)cn(CC)c2=O)C1=O. The number of aryl methyl sites for hydroxylation is 1. The molecule has 1 aliphatic rings. The summed E-state index contributed by atoms with van der Waals surface area (Å²) in [4.78, 5) is 28.6.